The van der Waals surface area contributed by atoms with E-state index in [1.807, 2.05) is 0 Å². The molecule has 2 aromatic rings. The summed E-state index contributed by atoms with van der Waals surface area (Å²) in [5, 5.41) is 15.7. The Morgan fingerprint density at radius 2 is 1.79 bits per heavy atom. The minimum atomic E-state index is -4.47. The summed E-state index contributed by atoms with van der Waals surface area (Å²) in [6.45, 7) is 0.403. The van der Waals surface area contributed by atoms with Gasteiger partial charge in [0.25, 0.3) is 11.5 Å². The molecular weight excluding hydrogens is 539 g/mol. The molecule has 1 aliphatic carbocycles. The summed E-state index contributed by atoms with van der Waals surface area (Å²) in [5.74, 6) is -1.05. The van der Waals surface area contributed by atoms with Crippen molar-refractivity contribution >= 4 is 33.1 Å². The molecule has 10 nitrogen and oxygen atoms in total. The van der Waals surface area contributed by atoms with E-state index in [9.17, 15) is 36.3 Å². The van der Waals surface area contributed by atoms with Crippen LogP contribution in [-0.2, 0) is 23.0 Å². The molecule has 2 fully saturated rings. The first-order valence-corrected chi connectivity index (χ1v) is 14.5. The van der Waals surface area contributed by atoms with E-state index >= 15 is 0 Å². The van der Waals surface area contributed by atoms with Crippen LogP contribution in [0.3, 0.4) is 0 Å². The predicted molar refractivity (Wildman–Crippen MR) is 139 cm³/mol. The van der Waals surface area contributed by atoms with Gasteiger partial charge in [0.1, 0.15) is 0 Å². The lowest BCUT2D eigenvalue weighted by molar-refractivity contribution is -0.137. The molecule has 1 amide bonds. The van der Waals surface area contributed by atoms with Gasteiger partial charge < -0.3 is 15.3 Å². The normalized spacial score (nSPS) is 18.4. The number of nitrogens with zero attached hydrogens (tertiary/aromatic N) is 4. The van der Waals surface area contributed by atoms with Crippen LogP contribution < -0.4 is 20.1 Å². The molecule has 1 spiro atoms. The quantitative estimate of drug-likeness (QED) is 0.501. The van der Waals surface area contributed by atoms with E-state index in [2.05, 4.69) is 15.3 Å². The number of carbonyl (C=O) groups is 1. The summed E-state index contributed by atoms with van der Waals surface area (Å²) in [5.41, 5.74) is 1.61. The van der Waals surface area contributed by atoms with Crippen molar-refractivity contribution in [3.8, 4) is 0 Å². The van der Waals surface area contributed by atoms with Crippen LogP contribution >= 0.6 is 0 Å². The maximum absolute atomic E-state index is 13.5. The lowest BCUT2D eigenvalue weighted by Gasteiger charge is -2.35. The molecule has 3 heterocycles. The first kappa shape index (κ1) is 27.4. The number of aromatic nitrogens is 2. The van der Waals surface area contributed by atoms with E-state index in [0.29, 0.717) is 46.5 Å². The number of alkyl halides is 3. The lowest BCUT2D eigenvalue weighted by atomic mass is 9.92. The maximum Gasteiger partial charge on any atom is 0.390 e. The Morgan fingerprint density at radius 3 is 2.44 bits per heavy atom. The second-order valence-electron chi connectivity index (χ2n) is 10.4. The summed E-state index contributed by atoms with van der Waals surface area (Å²) >= 11 is 0. The van der Waals surface area contributed by atoms with E-state index in [0.717, 1.165) is 18.9 Å². The number of benzene rings is 1. The van der Waals surface area contributed by atoms with Gasteiger partial charge in [-0.2, -0.15) is 18.3 Å². The Bertz CT molecular complexity index is 1430. The zero-order valence-electron chi connectivity index (χ0n) is 21.2. The number of hydrogen-bond donors (Lipinski definition) is 2. The fraction of sp³-hybridized carbons (Fsp3) is 0.560. The molecule has 1 saturated carbocycles. The molecule has 5 rings (SSSR count). The Hall–Kier alpha value is -3.13. The average Bonchev–Trinajstić information content (AvgIpc) is 3.48. The van der Waals surface area contributed by atoms with Crippen molar-refractivity contribution in [2.75, 3.05) is 46.5 Å². The van der Waals surface area contributed by atoms with Crippen molar-refractivity contribution in [2.24, 2.45) is 5.41 Å². The van der Waals surface area contributed by atoms with Crippen LogP contribution in [0.25, 0.3) is 0 Å². The molecule has 2 aliphatic heterocycles. The summed E-state index contributed by atoms with van der Waals surface area (Å²) in [6, 6.07) is 5.63. The number of aliphatic hydroxyl groups excluding tert-OH is 1. The highest BCUT2D eigenvalue weighted by molar-refractivity contribution is 7.92. The Balaban J connectivity index is 1.46. The van der Waals surface area contributed by atoms with Crippen molar-refractivity contribution in [1.82, 2.24) is 9.78 Å². The number of amides is 1. The van der Waals surface area contributed by atoms with Crippen LogP contribution in [0.2, 0.25) is 0 Å². The van der Waals surface area contributed by atoms with E-state index in [4.69, 9.17) is 0 Å². The number of sulfonamides is 1. The number of hydrogen-bond acceptors (Lipinski definition) is 7. The third kappa shape index (κ3) is 5.91. The minimum Gasteiger partial charge on any atom is -0.395 e. The van der Waals surface area contributed by atoms with Crippen molar-refractivity contribution in [3.63, 3.8) is 0 Å². The topological polar surface area (TPSA) is 125 Å². The third-order valence-corrected chi connectivity index (χ3v) is 9.57. The van der Waals surface area contributed by atoms with Crippen LogP contribution in [0, 0.1) is 5.41 Å². The number of aryl methyl sites for hydroxylation is 1. The number of piperidine rings is 1. The van der Waals surface area contributed by atoms with Gasteiger partial charge in [-0.05, 0) is 61.3 Å². The van der Waals surface area contributed by atoms with Crippen LogP contribution in [0.5, 0.6) is 0 Å². The summed E-state index contributed by atoms with van der Waals surface area (Å²) < 4.78 is 65.5. The first-order chi connectivity index (χ1) is 18.4. The van der Waals surface area contributed by atoms with Crippen LogP contribution in [0.4, 0.5) is 30.4 Å². The number of fused-ring (bicyclic) bond motifs is 1. The molecule has 0 bridgehead atoms. The van der Waals surface area contributed by atoms with E-state index in [-0.39, 0.29) is 17.9 Å². The highest BCUT2D eigenvalue weighted by Crippen LogP contribution is 2.54. The number of anilines is 3. The number of aliphatic hydroxyl groups is 1. The zero-order chi connectivity index (χ0) is 28.0. The van der Waals surface area contributed by atoms with Crippen molar-refractivity contribution in [1.29, 1.82) is 0 Å². The molecular formula is C25H30F3N5O5S. The van der Waals surface area contributed by atoms with Crippen molar-refractivity contribution in [2.45, 2.75) is 51.2 Å². The highest BCUT2D eigenvalue weighted by Gasteiger charge is 2.45. The monoisotopic (exact) mass is 569 g/mol. The van der Waals surface area contributed by atoms with Gasteiger partial charge in [0, 0.05) is 25.7 Å². The SMILES string of the molecule is O=C(Nc1ccc(=O)n(CCC(F)(F)F)n1)c1cc2c(cc1N1CCC3(CC1)CC3)N(S(=O)(=O)CCO)CC2. The molecule has 2 N–H and O–H groups in total. The zero-order valence-corrected chi connectivity index (χ0v) is 22.0. The number of halogens is 3. The maximum atomic E-state index is 13.5. The first-order valence-electron chi connectivity index (χ1n) is 12.9. The molecule has 1 saturated heterocycles. The van der Waals surface area contributed by atoms with Crippen molar-refractivity contribution in [3.05, 3.63) is 45.7 Å². The smallest absolute Gasteiger partial charge is 0.390 e. The number of rotatable bonds is 8. The molecule has 0 radical (unpaired) electrons. The fourth-order valence-corrected chi connectivity index (χ4v) is 6.64. The molecule has 0 atom stereocenters. The van der Waals surface area contributed by atoms with Gasteiger partial charge in [-0.1, -0.05) is 0 Å². The second-order valence-corrected chi connectivity index (χ2v) is 12.5. The second kappa shape index (κ2) is 10.1. The van der Waals surface area contributed by atoms with Gasteiger partial charge >= 0.3 is 6.18 Å². The van der Waals surface area contributed by atoms with E-state index in [1.165, 1.54) is 23.2 Å². The van der Waals surface area contributed by atoms with E-state index in [1.54, 1.807) is 12.1 Å². The summed E-state index contributed by atoms with van der Waals surface area (Å²) in [7, 11) is -3.74. The van der Waals surface area contributed by atoms with Gasteiger partial charge in [0.15, 0.2) is 5.82 Å². The van der Waals surface area contributed by atoms with Gasteiger partial charge in [0.05, 0.1) is 42.3 Å². The lowest BCUT2D eigenvalue weighted by Crippen LogP contribution is -2.36. The summed E-state index contributed by atoms with van der Waals surface area (Å²) in [4.78, 5) is 27.6. The minimum absolute atomic E-state index is 0.0732. The molecule has 212 valence electrons. The Labute approximate surface area is 223 Å². The fourth-order valence-electron chi connectivity index (χ4n) is 5.35. The van der Waals surface area contributed by atoms with Crippen molar-refractivity contribution < 1.29 is 31.5 Å². The van der Waals surface area contributed by atoms with Gasteiger partial charge in [-0.3, -0.25) is 13.9 Å². The molecule has 3 aliphatic rings. The Morgan fingerprint density at radius 1 is 1.08 bits per heavy atom. The number of carbonyl (C=O) groups excluding carboxylic acids is 1. The summed E-state index contributed by atoms with van der Waals surface area (Å²) in [6.07, 6.45) is -1.04. The predicted octanol–water partition coefficient (Wildman–Crippen LogP) is 2.51. The highest BCUT2D eigenvalue weighted by atomic mass is 32.2. The molecule has 1 aromatic heterocycles. The van der Waals surface area contributed by atoms with Crippen LogP contribution in [-0.4, -0.2) is 67.4 Å². The molecule has 14 heteroatoms. The number of nitrogens with one attached hydrogen (secondary N) is 1. The average molecular weight is 570 g/mol. The van der Waals surface area contributed by atoms with Gasteiger partial charge in [0.2, 0.25) is 10.0 Å². The van der Waals surface area contributed by atoms with Gasteiger partial charge in [-0.25, -0.2) is 13.1 Å². The van der Waals surface area contributed by atoms with Crippen LogP contribution in [0.1, 0.15) is 48.0 Å². The third-order valence-electron chi connectivity index (χ3n) is 7.82. The molecule has 0 unspecified atom stereocenters. The molecule has 1 aromatic carbocycles. The largest absolute Gasteiger partial charge is 0.395 e. The Kier molecular flexibility index (Phi) is 7.12. The molecule has 39 heavy (non-hydrogen) atoms. The van der Waals surface area contributed by atoms with Crippen LogP contribution in [0.15, 0.2) is 29.1 Å². The standard InChI is InChI=1S/C25H30F3N5O5S/c26-25(27,28)8-12-32-22(35)2-1-21(30-32)29-23(36)18-15-17-3-9-33(39(37,38)14-13-34)19(17)16-20(18)31-10-6-24(4-5-24)7-11-31/h1-2,15-16,34H,3-14H2,(H,29,30,36). The van der Waals surface area contributed by atoms with E-state index < -0.39 is 53.0 Å². The van der Waals surface area contributed by atoms with Gasteiger partial charge in [-0.15, -0.1) is 0 Å².